The minimum atomic E-state index is -0.808. The SMILES string of the molecule is COC(=O)C(Cc1ccc([N+](=O)[O-])cc1)NC(=O)C1(CCCCSC)CCCC1.COC(=O)C(N)Cc1ccc([N+](=O)[O-])cc1.CSCCCCC1(C(=O)O)CCCC1.Cl. The van der Waals surface area contributed by atoms with Crippen molar-refractivity contribution in [3.05, 3.63) is 79.9 Å². The molecule has 0 heterocycles. The summed E-state index contributed by atoms with van der Waals surface area (Å²) in [6, 6.07) is 10.3. The second kappa shape index (κ2) is 28.6. The summed E-state index contributed by atoms with van der Waals surface area (Å²) in [6.07, 6.45) is 18.5. The van der Waals surface area contributed by atoms with Gasteiger partial charge >= 0.3 is 17.9 Å². The first-order chi connectivity index (χ1) is 28.2. The highest BCUT2D eigenvalue weighted by Crippen LogP contribution is 2.43. The van der Waals surface area contributed by atoms with Crippen LogP contribution in [0.15, 0.2) is 48.5 Å². The molecule has 2 fully saturated rings. The number of nitrogens with one attached hydrogen (secondary N) is 1. The number of nitro groups is 2. The summed E-state index contributed by atoms with van der Waals surface area (Å²) >= 11 is 3.65. The number of nitrogens with zero attached hydrogens (tertiary/aromatic N) is 2. The van der Waals surface area contributed by atoms with Crippen LogP contribution in [0, 0.1) is 31.1 Å². The van der Waals surface area contributed by atoms with E-state index in [-0.39, 0.29) is 41.5 Å². The lowest BCUT2D eigenvalue weighted by molar-refractivity contribution is -0.385. The third kappa shape index (κ3) is 18.0. The maximum absolute atomic E-state index is 13.2. The molecule has 0 aliphatic heterocycles. The molecule has 2 aliphatic carbocycles. The molecule has 18 heteroatoms. The van der Waals surface area contributed by atoms with Gasteiger partial charge in [-0.3, -0.25) is 34.6 Å². The predicted octanol–water partition coefficient (Wildman–Crippen LogP) is 8.11. The second-order valence-corrected chi connectivity index (χ2v) is 17.1. The predicted molar refractivity (Wildman–Crippen MR) is 239 cm³/mol. The maximum Gasteiger partial charge on any atom is 0.328 e. The van der Waals surface area contributed by atoms with Gasteiger partial charge in [-0.1, -0.05) is 62.8 Å². The van der Waals surface area contributed by atoms with Gasteiger partial charge in [0.1, 0.15) is 12.1 Å². The Labute approximate surface area is 368 Å². The van der Waals surface area contributed by atoms with Crippen molar-refractivity contribution in [3.63, 3.8) is 0 Å². The Morgan fingerprint density at radius 2 is 1.12 bits per heavy atom. The molecule has 1 amide bonds. The van der Waals surface area contributed by atoms with E-state index >= 15 is 0 Å². The number of nitro benzene ring substituents is 2. The number of halogens is 1. The molecule has 2 atom stereocenters. The van der Waals surface area contributed by atoms with Gasteiger partial charge in [0.2, 0.25) is 5.91 Å². The number of carboxylic acid groups (broad SMARTS) is 1. The van der Waals surface area contributed by atoms with Crippen molar-refractivity contribution in [3.8, 4) is 0 Å². The van der Waals surface area contributed by atoms with E-state index in [2.05, 4.69) is 22.6 Å². The van der Waals surface area contributed by atoms with Crippen molar-refractivity contribution < 1.29 is 43.6 Å². The molecule has 0 radical (unpaired) electrons. The maximum atomic E-state index is 13.2. The van der Waals surface area contributed by atoms with E-state index < -0.39 is 45.3 Å². The van der Waals surface area contributed by atoms with Crippen LogP contribution in [0.3, 0.4) is 0 Å². The van der Waals surface area contributed by atoms with Gasteiger partial charge in [0.05, 0.1) is 29.5 Å². The van der Waals surface area contributed by atoms with Gasteiger partial charge in [-0.25, -0.2) is 4.79 Å². The third-order valence-corrected chi connectivity index (χ3v) is 12.4. The number of ether oxygens (including phenoxy) is 2. The van der Waals surface area contributed by atoms with Gasteiger partial charge in [-0.05, 0) is 92.9 Å². The van der Waals surface area contributed by atoms with E-state index in [1.54, 1.807) is 24.3 Å². The Bertz CT molecular complexity index is 1640. The molecule has 2 saturated carbocycles. The van der Waals surface area contributed by atoms with Crippen LogP contribution in [-0.2, 0) is 41.5 Å². The third-order valence-electron chi connectivity index (χ3n) is 11.0. The van der Waals surface area contributed by atoms with Crippen molar-refractivity contribution in [2.45, 2.75) is 115 Å². The van der Waals surface area contributed by atoms with Crippen LogP contribution < -0.4 is 11.1 Å². The van der Waals surface area contributed by atoms with Crippen LogP contribution >= 0.6 is 35.9 Å². The van der Waals surface area contributed by atoms with Crippen LogP contribution in [0.2, 0.25) is 0 Å². The number of carboxylic acids is 1. The number of carbonyl (C=O) groups excluding carboxylic acids is 3. The van der Waals surface area contributed by atoms with Crippen molar-refractivity contribution in [2.24, 2.45) is 16.6 Å². The molecule has 2 aromatic rings. The Balaban J connectivity index is 0.000000491. The Morgan fingerprint density at radius 1 is 0.717 bits per heavy atom. The molecular formula is C42H63ClN4O11S2. The smallest absolute Gasteiger partial charge is 0.328 e. The van der Waals surface area contributed by atoms with Gasteiger partial charge in [0.15, 0.2) is 0 Å². The van der Waals surface area contributed by atoms with Gasteiger partial charge < -0.3 is 25.6 Å². The average molecular weight is 900 g/mol. The van der Waals surface area contributed by atoms with Crippen molar-refractivity contribution in [1.82, 2.24) is 5.32 Å². The highest BCUT2D eigenvalue weighted by atomic mass is 35.5. The van der Waals surface area contributed by atoms with Crippen LogP contribution in [0.25, 0.3) is 0 Å². The number of nitrogens with two attached hydrogens (primary N) is 1. The lowest BCUT2D eigenvalue weighted by atomic mass is 9.80. The molecule has 0 spiro atoms. The zero-order valence-corrected chi connectivity index (χ0v) is 37.7. The Morgan fingerprint density at radius 3 is 1.50 bits per heavy atom. The standard InChI is InChI=1S/C21H30N2O5S.C11H20O2S.C10H12N2O4.ClH/c1-28-19(24)18(15-16-7-9-17(10-8-16)23(26)27)22-20(25)21(11-3-4-12-21)13-5-6-14-29-2;1-14-9-5-4-8-11(10(12)13)6-2-3-7-11;1-16-10(13)9(11)6-7-2-4-8(5-3-7)12(14)15;/h7-10,18H,3-6,11-15H2,1-2H3,(H,22,25);2-9H2,1H3,(H,12,13);2-5,9H,6,11H2,1H3;1H. The molecule has 0 bridgehead atoms. The summed E-state index contributed by atoms with van der Waals surface area (Å²) in [4.78, 5) is 68.0. The fraction of sp³-hybridized carbons (Fsp3) is 0.619. The van der Waals surface area contributed by atoms with E-state index in [0.717, 1.165) is 113 Å². The molecule has 2 unspecified atom stereocenters. The highest BCUT2D eigenvalue weighted by molar-refractivity contribution is 7.98. The molecule has 336 valence electrons. The number of hydrogen-bond donors (Lipinski definition) is 3. The number of rotatable bonds is 21. The van der Waals surface area contributed by atoms with Crippen LogP contribution in [0.5, 0.6) is 0 Å². The first-order valence-electron chi connectivity index (χ1n) is 20.1. The molecule has 2 aliphatic rings. The lowest BCUT2D eigenvalue weighted by Gasteiger charge is -2.30. The summed E-state index contributed by atoms with van der Waals surface area (Å²) in [6.45, 7) is 0. The largest absolute Gasteiger partial charge is 0.481 e. The number of benzene rings is 2. The lowest BCUT2D eigenvalue weighted by Crippen LogP contribution is -2.49. The Kier molecular flexibility index (Phi) is 25.8. The number of unbranched alkanes of at least 4 members (excludes halogenated alkanes) is 2. The molecule has 4 rings (SSSR count). The van der Waals surface area contributed by atoms with Gasteiger partial charge in [0.25, 0.3) is 11.4 Å². The van der Waals surface area contributed by atoms with E-state index in [0.29, 0.717) is 6.42 Å². The number of amides is 1. The summed E-state index contributed by atoms with van der Waals surface area (Å²) in [7, 11) is 2.56. The normalized spacial score (nSPS) is 15.6. The quantitative estimate of drug-likeness (QED) is 0.0465. The fourth-order valence-electron chi connectivity index (χ4n) is 7.56. The number of aliphatic carboxylic acids is 1. The van der Waals surface area contributed by atoms with E-state index in [1.807, 2.05) is 23.5 Å². The number of esters is 2. The number of hydrogen-bond acceptors (Lipinski definition) is 13. The first kappa shape index (κ1) is 54.1. The summed E-state index contributed by atoms with van der Waals surface area (Å²) < 4.78 is 9.37. The summed E-state index contributed by atoms with van der Waals surface area (Å²) in [5, 5.41) is 33.4. The van der Waals surface area contributed by atoms with Crippen LogP contribution in [0.4, 0.5) is 11.4 Å². The number of thioether (sulfide) groups is 2. The van der Waals surface area contributed by atoms with E-state index in [4.69, 9.17) is 10.5 Å². The van der Waals surface area contributed by atoms with Gasteiger partial charge in [-0.15, -0.1) is 12.4 Å². The molecule has 60 heavy (non-hydrogen) atoms. The number of methoxy groups -OCH3 is 2. The summed E-state index contributed by atoms with van der Waals surface area (Å²) in [5.41, 5.74) is 6.28. The van der Waals surface area contributed by atoms with Crippen molar-refractivity contribution in [1.29, 1.82) is 0 Å². The highest BCUT2D eigenvalue weighted by Gasteiger charge is 2.42. The van der Waals surface area contributed by atoms with Crippen molar-refractivity contribution in [2.75, 3.05) is 38.2 Å². The zero-order chi connectivity index (χ0) is 43.8. The molecule has 2 aromatic carbocycles. The second-order valence-electron chi connectivity index (χ2n) is 15.1. The van der Waals surface area contributed by atoms with Crippen LogP contribution in [0.1, 0.15) is 101 Å². The van der Waals surface area contributed by atoms with Crippen molar-refractivity contribution >= 4 is 71.1 Å². The minimum Gasteiger partial charge on any atom is -0.481 e. The molecule has 0 saturated heterocycles. The first-order valence-corrected chi connectivity index (χ1v) is 22.9. The zero-order valence-electron chi connectivity index (χ0n) is 35.2. The Hall–Kier alpha value is -3.93. The number of carbonyl (C=O) groups is 4. The number of non-ortho nitro benzene ring substituents is 2. The van der Waals surface area contributed by atoms with Gasteiger partial charge in [-0.2, -0.15) is 23.5 Å². The van der Waals surface area contributed by atoms with E-state index in [9.17, 15) is 44.5 Å². The van der Waals surface area contributed by atoms with Gasteiger partial charge in [0, 0.05) is 36.1 Å². The molecular weight excluding hydrogens is 836 g/mol. The average Bonchev–Trinajstić information content (AvgIpc) is 3.93. The molecule has 0 aromatic heterocycles. The molecule has 15 nitrogen and oxygen atoms in total. The van der Waals surface area contributed by atoms with E-state index in [1.165, 1.54) is 38.5 Å². The van der Waals surface area contributed by atoms with Crippen LogP contribution in [-0.4, -0.2) is 89.1 Å². The fourth-order valence-corrected chi connectivity index (χ4v) is 8.55. The summed E-state index contributed by atoms with van der Waals surface area (Å²) in [5.74, 6) is 0.611. The minimum absolute atomic E-state index is 0. The monoisotopic (exact) mass is 898 g/mol. The topological polar surface area (TPSA) is 231 Å². The molecule has 4 N–H and O–H groups in total.